The second-order valence-electron chi connectivity index (χ2n) is 2.40. The van der Waals surface area contributed by atoms with Crippen molar-refractivity contribution in [3.63, 3.8) is 0 Å². The maximum absolute atomic E-state index is 11.7. The Hall–Kier alpha value is -0.350. The zero-order chi connectivity index (χ0) is 11.6. The van der Waals surface area contributed by atoms with Crippen LogP contribution in [0, 0.1) is 0 Å². The fraction of sp³-hybridized carbons (Fsp3) is 1.00. The molecule has 10 heteroatoms. The van der Waals surface area contributed by atoms with E-state index in [0.717, 1.165) is 0 Å². The summed E-state index contributed by atoms with van der Waals surface area (Å²) in [6, 6.07) is 0. The molecule has 0 rings (SSSR count). The molecule has 0 heterocycles. The van der Waals surface area contributed by atoms with Gasteiger partial charge < -0.3 is 0 Å². The minimum Gasteiger partial charge on any atom is -0.286 e. The SMILES string of the molecule is O=S(=O)(O)CCCS(=O)(=O)C(F)(F)F. The number of hydrogen-bond donors (Lipinski definition) is 1. The Kier molecular flexibility index (Phi) is 3.93. The lowest BCUT2D eigenvalue weighted by Gasteiger charge is -2.06. The Morgan fingerprint density at radius 3 is 1.71 bits per heavy atom. The molecule has 0 saturated heterocycles. The Balaban J connectivity index is 4.31. The summed E-state index contributed by atoms with van der Waals surface area (Å²) < 4.78 is 83.8. The quantitative estimate of drug-likeness (QED) is 0.726. The van der Waals surface area contributed by atoms with E-state index in [1.807, 2.05) is 0 Å². The molecular weight excluding hydrogens is 249 g/mol. The van der Waals surface area contributed by atoms with Gasteiger partial charge in [-0.15, -0.1) is 0 Å². The van der Waals surface area contributed by atoms with Crippen LogP contribution in [0.1, 0.15) is 6.42 Å². The molecule has 0 bridgehead atoms. The summed E-state index contributed by atoms with van der Waals surface area (Å²) in [7, 11) is -9.72. The normalized spacial score (nSPS) is 14.3. The van der Waals surface area contributed by atoms with Crippen molar-refractivity contribution in [3.8, 4) is 0 Å². The summed E-state index contributed by atoms with van der Waals surface area (Å²) in [6.07, 6.45) is -0.791. The molecule has 0 unspecified atom stereocenters. The van der Waals surface area contributed by atoms with E-state index in [1.54, 1.807) is 0 Å². The van der Waals surface area contributed by atoms with E-state index in [4.69, 9.17) is 4.55 Å². The van der Waals surface area contributed by atoms with E-state index in [-0.39, 0.29) is 0 Å². The van der Waals surface area contributed by atoms with Crippen LogP contribution in [0.5, 0.6) is 0 Å². The highest BCUT2D eigenvalue weighted by molar-refractivity contribution is 7.92. The lowest BCUT2D eigenvalue weighted by atomic mass is 10.6. The van der Waals surface area contributed by atoms with Gasteiger partial charge in [0.2, 0.25) is 9.84 Å². The summed E-state index contributed by atoms with van der Waals surface area (Å²) in [5.41, 5.74) is -5.38. The lowest BCUT2D eigenvalue weighted by Crippen LogP contribution is -2.27. The largest absolute Gasteiger partial charge is 0.497 e. The van der Waals surface area contributed by atoms with E-state index in [1.165, 1.54) is 0 Å². The van der Waals surface area contributed by atoms with Gasteiger partial charge in [0.25, 0.3) is 10.1 Å². The van der Waals surface area contributed by atoms with Gasteiger partial charge in [-0.3, -0.25) is 4.55 Å². The van der Waals surface area contributed by atoms with Gasteiger partial charge in [0.1, 0.15) is 0 Å². The van der Waals surface area contributed by atoms with Gasteiger partial charge in [-0.05, 0) is 6.42 Å². The highest BCUT2D eigenvalue weighted by Gasteiger charge is 2.44. The summed E-state index contributed by atoms with van der Waals surface area (Å²) in [6.45, 7) is 0. The summed E-state index contributed by atoms with van der Waals surface area (Å²) in [5, 5.41) is 0. The number of rotatable bonds is 4. The monoisotopic (exact) mass is 256 g/mol. The van der Waals surface area contributed by atoms with Crippen LogP contribution in [0.2, 0.25) is 0 Å². The Morgan fingerprint density at radius 2 is 1.43 bits per heavy atom. The Bertz CT molecular complexity index is 378. The van der Waals surface area contributed by atoms with E-state index < -0.39 is 43.4 Å². The maximum atomic E-state index is 11.7. The fourth-order valence-corrected chi connectivity index (χ4v) is 1.99. The lowest BCUT2D eigenvalue weighted by molar-refractivity contribution is -0.0435. The van der Waals surface area contributed by atoms with E-state index in [2.05, 4.69) is 0 Å². The zero-order valence-electron chi connectivity index (χ0n) is 6.65. The van der Waals surface area contributed by atoms with Crippen molar-refractivity contribution < 1.29 is 34.6 Å². The van der Waals surface area contributed by atoms with Crippen molar-refractivity contribution in [1.29, 1.82) is 0 Å². The third kappa shape index (κ3) is 4.77. The number of alkyl halides is 3. The molecule has 0 radical (unpaired) electrons. The van der Waals surface area contributed by atoms with Crippen LogP contribution in [0.3, 0.4) is 0 Å². The van der Waals surface area contributed by atoms with Crippen LogP contribution >= 0.6 is 0 Å². The van der Waals surface area contributed by atoms with Gasteiger partial charge in [0.05, 0.1) is 11.5 Å². The first-order valence-corrected chi connectivity index (χ1v) is 6.46. The van der Waals surface area contributed by atoms with Gasteiger partial charge in [-0.2, -0.15) is 21.6 Å². The molecule has 0 aromatic rings. The average molecular weight is 256 g/mol. The van der Waals surface area contributed by atoms with E-state index in [0.29, 0.717) is 0 Å². The summed E-state index contributed by atoms with van der Waals surface area (Å²) >= 11 is 0. The molecule has 0 aliphatic rings. The van der Waals surface area contributed by atoms with Crippen molar-refractivity contribution in [1.82, 2.24) is 0 Å². The molecule has 86 valence electrons. The first kappa shape index (κ1) is 13.7. The number of halogens is 3. The molecule has 0 amide bonds. The second-order valence-corrected chi connectivity index (χ2v) is 6.08. The average Bonchev–Trinajstić information content (AvgIpc) is 1.80. The van der Waals surface area contributed by atoms with E-state index >= 15 is 0 Å². The summed E-state index contributed by atoms with van der Waals surface area (Å²) in [4.78, 5) is 0. The molecule has 0 aliphatic heterocycles. The molecule has 5 nitrogen and oxygen atoms in total. The number of hydrogen-bond acceptors (Lipinski definition) is 4. The van der Waals surface area contributed by atoms with Crippen LogP contribution in [0.15, 0.2) is 0 Å². The minimum absolute atomic E-state index is 0.791. The van der Waals surface area contributed by atoms with Crippen molar-refractivity contribution >= 4 is 20.0 Å². The van der Waals surface area contributed by atoms with Gasteiger partial charge in [-0.25, -0.2) is 8.42 Å². The molecule has 0 fully saturated rings. The highest BCUT2D eigenvalue weighted by Crippen LogP contribution is 2.24. The maximum Gasteiger partial charge on any atom is 0.497 e. The highest BCUT2D eigenvalue weighted by atomic mass is 32.2. The molecule has 0 aromatic heterocycles. The van der Waals surface area contributed by atoms with Crippen LogP contribution in [0.4, 0.5) is 13.2 Å². The molecule has 0 atom stereocenters. The van der Waals surface area contributed by atoms with Crippen molar-refractivity contribution in [2.75, 3.05) is 11.5 Å². The molecule has 0 spiro atoms. The van der Waals surface area contributed by atoms with Crippen LogP contribution in [-0.2, 0) is 20.0 Å². The van der Waals surface area contributed by atoms with Crippen molar-refractivity contribution in [2.24, 2.45) is 0 Å². The minimum atomic E-state index is -5.38. The smallest absolute Gasteiger partial charge is 0.286 e. The molecule has 0 aliphatic carbocycles. The first-order chi connectivity index (χ1) is 5.96. The van der Waals surface area contributed by atoms with Crippen LogP contribution in [0.25, 0.3) is 0 Å². The van der Waals surface area contributed by atoms with Crippen molar-refractivity contribution in [3.05, 3.63) is 0 Å². The molecule has 0 aromatic carbocycles. The predicted molar refractivity (Wildman–Crippen MR) is 40.9 cm³/mol. The Morgan fingerprint density at radius 1 is 1.00 bits per heavy atom. The predicted octanol–water partition coefficient (Wildman–Crippen LogP) is 0.199. The fourth-order valence-electron chi connectivity index (χ4n) is 0.547. The standard InChI is InChI=1S/C4H7F3O5S2/c5-4(6,7)13(8,9)2-1-3-14(10,11)12/h1-3H2,(H,10,11,12). The molecule has 14 heavy (non-hydrogen) atoms. The zero-order valence-corrected chi connectivity index (χ0v) is 8.28. The third-order valence-corrected chi connectivity index (χ3v) is 3.50. The van der Waals surface area contributed by atoms with Crippen LogP contribution < -0.4 is 0 Å². The molecule has 0 saturated carbocycles. The third-order valence-electron chi connectivity index (χ3n) is 1.17. The molecule has 1 N–H and O–H groups in total. The number of sulfone groups is 1. The van der Waals surface area contributed by atoms with Gasteiger partial charge >= 0.3 is 5.51 Å². The summed E-state index contributed by atoms with van der Waals surface area (Å²) in [5.74, 6) is -2.36. The topological polar surface area (TPSA) is 88.5 Å². The van der Waals surface area contributed by atoms with Crippen LogP contribution in [-0.4, -0.2) is 38.4 Å². The van der Waals surface area contributed by atoms with Gasteiger partial charge in [0.15, 0.2) is 0 Å². The van der Waals surface area contributed by atoms with Gasteiger partial charge in [-0.1, -0.05) is 0 Å². The van der Waals surface area contributed by atoms with Crippen molar-refractivity contribution in [2.45, 2.75) is 11.9 Å². The van der Waals surface area contributed by atoms with E-state index in [9.17, 15) is 30.0 Å². The Labute approximate surface area is 78.6 Å². The first-order valence-electron chi connectivity index (χ1n) is 3.20. The van der Waals surface area contributed by atoms with Gasteiger partial charge in [0, 0.05) is 0 Å². The second kappa shape index (κ2) is 4.03. The molecular formula is C4H7F3O5S2.